The van der Waals surface area contributed by atoms with Crippen LogP contribution in [0.2, 0.25) is 0 Å². The third-order valence-electron chi connectivity index (χ3n) is 5.35. The first kappa shape index (κ1) is 26.7. The molecule has 3 N–H and O–H groups in total. The highest BCUT2D eigenvalue weighted by atomic mass is 16.5. The van der Waals surface area contributed by atoms with E-state index < -0.39 is 23.4 Å². The zero-order valence-corrected chi connectivity index (χ0v) is 20.6. The molecule has 10 nitrogen and oxygen atoms in total. The number of amides is 5. The predicted molar refractivity (Wildman–Crippen MR) is 130 cm³/mol. The Kier molecular flexibility index (Phi) is 9.02. The highest BCUT2D eigenvalue weighted by Crippen LogP contribution is 2.28. The van der Waals surface area contributed by atoms with Crippen molar-refractivity contribution in [1.82, 2.24) is 16.0 Å². The molecular formula is C26H31N3O7. The molecule has 1 aliphatic heterocycles. The van der Waals surface area contributed by atoms with Crippen LogP contribution in [0.3, 0.4) is 0 Å². The van der Waals surface area contributed by atoms with E-state index in [1.54, 1.807) is 43.3 Å². The van der Waals surface area contributed by atoms with Gasteiger partial charge in [-0.3, -0.25) is 25.0 Å². The SMILES string of the molecule is CCOCCC1(Oc2ccc(Oc3ccc(CNC(=O)CC(C)C)cc3)cc2)C(=O)NC(=O)NC1=O. The normalized spacial score (nSPS) is 14.7. The highest BCUT2D eigenvalue weighted by molar-refractivity contribution is 6.21. The minimum atomic E-state index is -1.94. The minimum Gasteiger partial charge on any atom is -0.467 e. The van der Waals surface area contributed by atoms with Crippen LogP contribution < -0.4 is 25.4 Å². The molecule has 0 aliphatic carbocycles. The van der Waals surface area contributed by atoms with E-state index in [1.165, 1.54) is 0 Å². The first-order valence-electron chi connectivity index (χ1n) is 11.8. The summed E-state index contributed by atoms with van der Waals surface area (Å²) in [5.41, 5.74) is -0.991. The van der Waals surface area contributed by atoms with Crippen LogP contribution in [0.15, 0.2) is 48.5 Å². The molecule has 1 aliphatic rings. The van der Waals surface area contributed by atoms with Crippen LogP contribution in [0.5, 0.6) is 17.2 Å². The number of hydrogen-bond acceptors (Lipinski definition) is 7. The van der Waals surface area contributed by atoms with Gasteiger partial charge in [-0.2, -0.15) is 0 Å². The lowest BCUT2D eigenvalue weighted by atomic mass is 9.95. The summed E-state index contributed by atoms with van der Waals surface area (Å²) in [6.07, 6.45) is 0.413. The maximum Gasteiger partial charge on any atom is 0.328 e. The molecule has 1 fully saturated rings. The van der Waals surface area contributed by atoms with Crippen molar-refractivity contribution >= 4 is 23.8 Å². The van der Waals surface area contributed by atoms with Crippen LogP contribution in [-0.2, 0) is 25.7 Å². The van der Waals surface area contributed by atoms with E-state index in [9.17, 15) is 19.2 Å². The lowest BCUT2D eigenvalue weighted by Gasteiger charge is -2.34. The summed E-state index contributed by atoms with van der Waals surface area (Å²) in [6, 6.07) is 12.8. The molecule has 0 atom stereocenters. The number of nitrogens with one attached hydrogen (secondary N) is 3. The van der Waals surface area contributed by atoms with Crippen molar-refractivity contribution in [2.75, 3.05) is 13.2 Å². The van der Waals surface area contributed by atoms with Crippen LogP contribution >= 0.6 is 0 Å². The number of carbonyl (C=O) groups is 4. The maximum atomic E-state index is 12.6. The van der Waals surface area contributed by atoms with Gasteiger partial charge < -0.3 is 19.5 Å². The summed E-state index contributed by atoms with van der Waals surface area (Å²) < 4.78 is 17.0. The van der Waals surface area contributed by atoms with Crippen LogP contribution in [0.1, 0.15) is 39.2 Å². The number of ether oxygens (including phenoxy) is 3. The van der Waals surface area contributed by atoms with Gasteiger partial charge in [0.05, 0.1) is 6.61 Å². The molecule has 3 rings (SSSR count). The van der Waals surface area contributed by atoms with Crippen LogP contribution in [-0.4, -0.2) is 42.6 Å². The van der Waals surface area contributed by atoms with Crippen molar-refractivity contribution in [2.45, 2.75) is 45.8 Å². The molecule has 192 valence electrons. The van der Waals surface area contributed by atoms with E-state index in [1.807, 2.05) is 26.0 Å². The molecule has 0 aromatic heterocycles. The third-order valence-corrected chi connectivity index (χ3v) is 5.35. The summed E-state index contributed by atoms with van der Waals surface area (Å²) in [5, 5.41) is 7.05. The lowest BCUT2D eigenvalue weighted by molar-refractivity contribution is -0.153. The molecule has 5 amide bonds. The highest BCUT2D eigenvalue weighted by Gasteiger charge is 2.52. The molecule has 0 spiro atoms. The quantitative estimate of drug-likeness (QED) is 0.303. The fraction of sp³-hybridized carbons (Fsp3) is 0.385. The van der Waals surface area contributed by atoms with Gasteiger partial charge in [0.15, 0.2) is 0 Å². The molecule has 2 aromatic carbocycles. The first-order valence-corrected chi connectivity index (χ1v) is 11.8. The van der Waals surface area contributed by atoms with Gasteiger partial charge in [0.25, 0.3) is 17.4 Å². The Bertz CT molecular complexity index is 1060. The second-order valence-corrected chi connectivity index (χ2v) is 8.71. The van der Waals surface area contributed by atoms with Crippen LogP contribution in [0.25, 0.3) is 0 Å². The molecule has 0 unspecified atom stereocenters. The summed E-state index contributed by atoms with van der Waals surface area (Å²) >= 11 is 0. The van der Waals surface area contributed by atoms with Crippen molar-refractivity contribution < 1.29 is 33.4 Å². The molecular weight excluding hydrogens is 466 g/mol. The summed E-state index contributed by atoms with van der Waals surface area (Å²) in [5.74, 6) is -0.0314. The molecule has 0 radical (unpaired) electrons. The largest absolute Gasteiger partial charge is 0.467 e. The average Bonchev–Trinajstić information content (AvgIpc) is 2.83. The number of benzene rings is 2. The Morgan fingerprint density at radius 3 is 2.03 bits per heavy atom. The molecule has 36 heavy (non-hydrogen) atoms. The van der Waals surface area contributed by atoms with Gasteiger partial charge in [-0.05, 0) is 54.8 Å². The van der Waals surface area contributed by atoms with E-state index >= 15 is 0 Å². The molecule has 1 saturated heterocycles. The number of barbiturate groups is 1. The summed E-state index contributed by atoms with van der Waals surface area (Å²) in [6.45, 7) is 6.71. The van der Waals surface area contributed by atoms with Gasteiger partial charge >= 0.3 is 6.03 Å². The molecule has 2 aromatic rings. The van der Waals surface area contributed by atoms with Crippen molar-refractivity contribution in [3.05, 3.63) is 54.1 Å². The number of hydrogen-bond donors (Lipinski definition) is 3. The monoisotopic (exact) mass is 497 g/mol. The van der Waals surface area contributed by atoms with Gasteiger partial charge in [0, 0.05) is 26.0 Å². The Labute approximate surface area is 209 Å². The molecule has 0 bridgehead atoms. The second-order valence-electron chi connectivity index (χ2n) is 8.71. The second kappa shape index (κ2) is 12.2. The predicted octanol–water partition coefficient (Wildman–Crippen LogP) is 3.05. The Balaban J connectivity index is 1.62. The fourth-order valence-corrected chi connectivity index (χ4v) is 3.51. The van der Waals surface area contributed by atoms with E-state index in [2.05, 4.69) is 16.0 Å². The smallest absolute Gasteiger partial charge is 0.328 e. The van der Waals surface area contributed by atoms with Crippen LogP contribution in [0.4, 0.5) is 4.79 Å². The third kappa shape index (κ3) is 7.05. The topological polar surface area (TPSA) is 132 Å². The van der Waals surface area contributed by atoms with Crippen LogP contribution in [0, 0.1) is 5.92 Å². The van der Waals surface area contributed by atoms with Gasteiger partial charge in [0.2, 0.25) is 5.91 Å². The molecule has 1 heterocycles. The van der Waals surface area contributed by atoms with Gasteiger partial charge in [-0.15, -0.1) is 0 Å². The zero-order valence-electron chi connectivity index (χ0n) is 20.6. The van der Waals surface area contributed by atoms with E-state index in [0.29, 0.717) is 37.0 Å². The Morgan fingerprint density at radius 2 is 1.47 bits per heavy atom. The van der Waals surface area contributed by atoms with E-state index in [0.717, 1.165) is 5.56 Å². The average molecular weight is 498 g/mol. The Hall–Kier alpha value is -3.92. The van der Waals surface area contributed by atoms with E-state index in [4.69, 9.17) is 14.2 Å². The first-order chi connectivity index (χ1) is 17.2. The molecule has 0 saturated carbocycles. The maximum absolute atomic E-state index is 12.6. The van der Waals surface area contributed by atoms with Crippen molar-refractivity contribution in [2.24, 2.45) is 5.92 Å². The minimum absolute atomic E-state index is 0.0158. The Morgan fingerprint density at radius 1 is 0.917 bits per heavy atom. The van der Waals surface area contributed by atoms with Crippen molar-refractivity contribution in [3.63, 3.8) is 0 Å². The summed E-state index contributed by atoms with van der Waals surface area (Å²) in [4.78, 5) is 48.5. The van der Waals surface area contributed by atoms with Gasteiger partial charge in [0.1, 0.15) is 17.2 Å². The number of rotatable bonds is 12. The lowest BCUT2D eigenvalue weighted by Crippen LogP contribution is -2.69. The van der Waals surface area contributed by atoms with Crippen molar-refractivity contribution in [1.29, 1.82) is 0 Å². The standard InChI is InChI=1S/C26H31N3O7/c1-4-34-14-13-26(23(31)28-25(33)29-24(26)32)36-21-11-9-20(10-12-21)35-19-7-5-18(6-8-19)16-27-22(30)15-17(2)3/h5-12,17H,4,13-16H2,1-3H3,(H,27,30)(H2,28,29,31,32,33). The fourth-order valence-electron chi connectivity index (χ4n) is 3.51. The van der Waals surface area contributed by atoms with Gasteiger partial charge in [-0.1, -0.05) is 26.0 Å². The summed E-state index contributed by atoms with van der Waals surface area (Å²) in [7, 11) is 0. The molecule has 10 heteroatoms. The number of imide groups is 2. The zero-order chi connectivity index (χ0) is 26.1. The van der Waals surface area contributed by atoms with Gasteiger partial charge in [-0.25, -0.2) is 4.79 Å². The number of urea groups is 1. The van der Waals surface area contributed by atoms with Crippen molar-refractivity contribution in [3.8, 4) is 17.2 Å². The number of carbonyl (C=O) groups excluding carboxylic acids is 4. The van der Waals surface area contributed by atoms with E-state index in [-0.39, 0.29) is 24.7 Å².